The van der Waals surface area contributed by atoms with Crippen LogP contribution in [-0.4, -0.2) is 17.7 Å². The summed E-state index contributed by atoms with van der Waals surface area (Å²) in [6.07, 6.45) is 4.84. The summed E-state index contributed by atoms with van der Waals surface area (Å²) in [6.45, 7) is 0.564. The molecule has 4 heteroatoms. The Balaban J connectivity index is 1.97. The maximum atomic E-state index is 11.0. The van der Waals surface area contributed by atoms with Crippen molar-refractivity contribution in [3.8, 4) is 5.75 Å². The fourth-order valence-electron chi connectivity index (χ4n) is 1.95. The molecule has 0 bridgehead atoms. The van der Waals surface area contributed by atoms with Crippen molar-refractivity contribution in [2.75, 3.05) is 12.3 Å². The molecule has 1 aromatic rings. The molecule has 1 aliphatic rings. The van der Waals surface area contributed by atoms with Gasteiger partial charge in [0, 0.05) is 11.8 Å². The second-order valence-corrected chi connectivity index (χ2v) is 4.49. The lowest BCUT2D eigenvalue weighted by atomic mass is 9.83. The number of carbonyl (C=O) groups is 1. The van der Waals surface area contributed by atoms with Crippen LogP contribution in [0.4, 0.5) is 5.69 Å². The minimum Gasteiger partial charge on any atom is -0.493 e. The second kappa shape index (κ2) is 5.08. The second-order valence-electron chi connectivity index (χ2n) is 4.49. The van der Waals surface area contributed by atoms with Gasteiger partial charge in [-0.25, -0.2) is 4.79 Å². The number of benzene rings is 1. The van der Waals surface area contributed by atoms with E-state index >= 15 is 0 Å². The van der Waals surface area contributed by atoms with E-state index in [1.165, 1.54) is 25.3 Å². The van der Waals surface area contributed by atoms with Crippen molar-refractivity contribution in [2.45, 2.75) is 25.7 Å². The molecule has 0 amide bonds. The van der Waals surface area contributed by atoms with Crippen LogP contribution in [0.2, 0.25) is 0 Å². The van der Waals surface area contributed by atoms with Crippen molar-refractivity contribution in [1.29, 1.82) is 0 Å². The molecule has 92 valence electrons. The first-order chi connectivity index (χ1) is 8.16. The number of anilines is 1. The van der Waals surface area contributed by atoms with E-state index in [4.69, 9.17) is 15.6 Å². The van der Waals surface area contributed by atoms with Crippen LogP contribution in [0.3, 0.4) is 0 Å². The maximum absolute atomic E-state index is 11.0. The minimum atomic E-state index is -0.983. The molecule has 0 spiro atoms. The highest BCUT2D eigenvalue weighted by atomic mass is 16.5. The van der Waals surface area contributed by atoms with Crippen LogP contribution in [-0.2, 0) is 0 Å². The smallest absolute Gasteiger partial charge is 0.339 e. The van der Waals surface area contributed by atoms with E-state index in [-0.39, 0.29) is 5.56 Å². The van der Waals surface area contributed by atoms with Gasteiger partial charge >= 0.3 is 5.97 Å². The van der Waals surface area contributed by atoms with Gasteiger partial charge in [-0.05, 0) is 24.5 Å². The van der Waals surface area contributed by atoms with Crippen LogP contribution in [0.5, 0.6) is 5.75 Å². The minimum absolute atomic E-state index is 0.174. The van der Waals surface area contributed by atoms with Crippen molar-refractivity contribution in [3.63, 3.8) is 0 Å². The molecule has 0 heterocycles. The molecule has 2 rings (SSSR count). The van der Waals surface area contributed by atoms with Crippen molar-refractivity contribution >= 4 is 11.7 Å². The van der Waals surface area contributed by atoms with Crippen LogP contribution in [0.1, 0.15) is 36.0 Å². The number of carboxylic acid groups (broad SMARTS) is 1. The monoisotopic (exact) mass is 235 g/mol. The van der Waals surface area contributed by atoms with Crippen LogP contribution < -0.4 is 10.5 Å². The lowest BCUT2D eigenvalue weighted by molar-refractivity contribution is 0.0691. The summed E-state index contributed by atoms with van der Waals surface area (Å²) in [5.74, 6) is 0.143. The van der Waals surface area contributed by atoms with E-state index < -0.39 is 5.97 Å². The van der Waals surface area contributed by atoms with E-state index in [0.717, 1.165) is 12.3 Å². The van der Waals surface area contributed by atoms with Crippen LogP contribution in [0.15, 0.2) is 18.2 Å². The number of hydrogen-bond donors (Lipinski definition) is 2. The third-order valence-electron chi connectivity index (χ3n) is 3.24. The molecule has 0 atom stereocenters. The van der Waals surface area contributed by atoms with Gasteiger partial charge < -0.3 is 15.6 Å². The average Bonchev–Trinajstić information content (AvgIpc) is 2.21. The number of nitrogens with two attached hydrogens (primary N) is 1. The summed E-state index contributed by atoms with van der Waals surface area (Å²) in [5.41, 5.74) is 6.32. The SMILES string of the molecule is Nc1ccc(C(=O)O)c(OCCC2CCC2)c1. The fourth-order valence-corrected chi connectivity index (χ4v) is 1.95. The fraction of sp³-hybridized carbons (Fsp3) is 0.462. The molecular weight excluding hydrogens is 218 g/mol. The Bertz CT molecular complexity index is 413. The summed E-state index contributed by atoms with van der Waals surface area (Å²) in [5, 5.41) is 9.00. The average molecular weight is 235 g/mol. The highest BCUT2D eigenvalue weighted by Gasteiger charge is 2.18. The lowest BCUT2D eigenvalue weighted by Gasteiger charge is -2.25. The van der Waals surface area contributed by atoms with E-state index in [1.807, 2.05) is 0 Å². The molecule has 4 nitrogen and oxygen atoms in total. The molecule has 0 aliphatic heterocycles. The van der Waals surface area contributed by atoms with Gasteiger partial charge in [-0.3, -0.25) is 0 Å². The topological polar surface area (TPSA) is 72.6 Å². The van der Waals surface area contributed by atoms with Crippen molar-refractivity contribution in [2.24, 2.45) is 5.92 Å². The number of rotatable bonds is 5. The molecular formula is C13H17NO3. The Morgan fingerprint density at radius 2 is 2.24 bits per heavy atom. The number of aromatic carboxylic acids is 1. The lowest BCUT2D eigenvalue weighted by Crippen LogP contribution is -2.15. The Kier molecular flexibility index (Phi) is 3.52. The highest BCUT2D eigenvalue weighted by Crippen LogP contribution is 2.30. The Labute approximate surface area is 100 Å². The largest absolute Gasteiger partial charge is 0.493 e. The summed E-state index contributed by atoms with van der Waals surface area (Å²) < 4.78 is 5.52. The van der Waals surface area contributed by atoms with Crippen LogP contribution >= 0.6 is 0 Å². The first kappa shape index (κ1) is 11.8. The highest BCUT2D eigenvalue weighted by molar-refractivity contribution is 5.91. The summed E-state index contributed by atoms with van der Waals surface area (Å²) in [6, 6.07) is 4.63. The summed E-state index contributed by atoms with van der Waals surface area (Å²) in [4.78, 5) is 11.0. The molecule has 1 fully saturated rings. The summed E-state index contributed by atoms with van der Waals surface area (Å²) >= 11 is 0. The zero-order chi connectivity index (χ0) is 12.3. The third kappa shape index (κ3) is 2.90. The van der Waals surface area contributed by atoms with Crippen LogP contribution in [0.25, 0.3) is 0 Å². The third-order valence-corrected chi connectivity index (χ3v) is 3.24. The quantitative estimate of drug-likeness (QED) is 0.769. The Hall–Kier alpha value is -1.71. The molecule has 17 heavy (non-hydrogen) atoms. The van der Waals surface area contributed by atoms with E-state index in [0.29, 0.717) is 18.0 Å². The summed E-state index contributed by atoms with van der Waals surface area (Å²) in [7, 11) is 0. The van der Waals surface area contributed by atoms with Gasteiger partial charge in [0.05, 0.1) is 6.61 Å². The molecule has 0 aromatic heterocycles. The molecule has 0 radical (unpaired) electrons. The van der Waals surface area contributed by atoms with Gasteiger partial charge in [-0.2, -0.15) is 0 Å². The number of hydrogen-bond acceptors (Lipinski definition) is 3. The van der Waals surface area contributed by atoms with Gasteiger partial charge in [0.15, 0.2) is 0 Å². The van der Waals surface area contributed by atoms with Gasteiger partial charge in [0.1, 0.15) is 11.3 Å². The first-order valence-electron chi connectivity index (χ1n) is 5.92. The van der Waals surface area contributed by atoms with Gasteiger partial charge in [-0.15, -0.1) is 0 Å². The van der Waals surface area contributed by atoms with E-state index in [2.05, 4.69) is 0 Å². The van der Waals surface area contributed by atoms with Crippen molar-refractivity contribution in [3.05, 3.63) is 23.8 Å². The van der Waals surface area contributed by atoms with Gasteiger partial charge in [0.2, 0.25) is 0 Å². The standard InChI is InChI=1S/C13H17NO3/c14-10-4-5-11(13(15)16)12(8-10)17-7-6-9-2-1-3-9/h4-5,8-9H,1-3,6-7,14H2,(H,15,16). The molecule has 1 saturated carbocycles. The predicted molar refractivity (Wildman–Crippen MR) is 65.3 cm³/mol. The molecule has 3 N–H and O–H groups in total. The number of carboxylic acids is 1. The van der Waals surface area contributed by atoms with Crippen molar-refractivity contribution in [1.82, 2.24) is 0 Å². The normalized spacial score (nSPS) is 15.3. The molecule has 1 aliphatic carbocycles. The molecule has 1 aromatic carbocycles. The zero-order valence-electron chi connectivity index (χ0n) is 9.69. The number of ether oxygens (including phenoxy) is 1. The molecule has 0 unspecified atom stereocenters. The zero-order valence-corrected chi connectivity index (χ0v) is 9.69. The van der Waals surface area contributed by atoms with E-state index in [9.17, 15) is 4.79 Å². The Morgan fingerprint density at radius 3 is 2.82 bits per heavy atom. The van der Waals surface area contributed by atoms with Gasteiger partial charge in [0.25, 0.3) is 0 Å². The number of nitrogen functional groups attached to an aromatic ring is 1. The Morgan fingerprint density at radius 1 is 1.47 bits per heavy atom. The maximum Gasteiger partial charge on any atom is 0.339 e. The van der Waals surface area contributed by atoms with Gasteiger partial charge in [-0.1, -0.05) is 19.3 Å². The predicted octanol–water partition coefficient (Wildman–Crippen LogP) is 2.54. The molecule has 0 saturated heterocycles. The first-order valence-corrected chi connectivity index (χ1v) is 5.92. The van der Waals surface area contributed by atoms with Crippen LogP contribution in [0, 0.1) is 5.92 Å². The van der Waals surface area contributed by atoms with E-state index in [1.54, 1.807) is 12.1 Å². The van der Waals surface area contributed by atoms with Crippen molar-refractivity contribution < 1.29 is 14.6 Å².